The van der Waals surface area contributed by atoms with E-state index in [0.29, 0.717) is 6.42 Å². The summed E-state index contributed by atoms with van der Waals surface area (Å²) < 4.78 is 22.6. The summed E-state index contributed by atoms with van der Waals surface area (Å²) >= 11 is 0. The van der Waals surface area contributed by atoms with Crippen molar-refractivity contribution in [2.75, 3.05) is 19.8 Å². The first-order valence-electron chi connectivity index (χ1n) is 25.5. The van der Waals surface area contributed by atoms with E-state index in [4.69, 9.17) is 18.9 Å². The highest BCUT2D eigenvalue weighted by Gasteiger charge is 2.51. The molecule has 2 aliphatic heterocycles. The summed E-state index contributed by atoms with van der Waals surface area (Å²) in [5, 5.41) is 86.5. The van der Waals surface area contributed by atoms with Gasteiger partial charge < -0.3 is 65.1 Å². The molecule has 0 saturated carbocycles. The van der Waals surface area contributed by atoms with Crippen LogP contribution < -0.4 is 5.32 Å². The number of amides is 1. The van der Waals surface area contributed by atoms with Crippen molar-refractivity contribution in [3.8, 4) is 0 Å². The Kier molecular flexibility index (Phi) is 34.9. The number of allylic oxidation sites excluding steroid dienone is 9. The van der Waals surface area contributed by atoms with Crippen LogP contribution in [0.3, 0.4) is 0 Å². The molecule has 2 fully saturated rings. The number of unbranched alkanes of at least 4 members (excludes halogenated alkanes) is 17. The second kappa shape index (κ2) is 38.5. The van der Waals surface area contributed by atoms with E-state index < -0.39 is 86.8 Å². The Bertz CT molecular complexity index is 1340. The molecule has 0 bridgehead atoms. The summed E-state index contributed by atoms with van der Waals surface area (Å²) in [5.74, 6) is -0.250. The first kappa shape index (κ1) is 59.8. The fraction of sp³-hybridized carbons (Fsp3) is 0.788. The van der Waals surface area contributed by atoms with Crippen molar-refractivity contribution in [3.05, 3.63) is 60.8 Å². The summed E-state index contributed by atoms with van der Waals surface area (Å²) in [5.41, 5.74) is 0. The maximum atomic E-state index is 13.1. The molecule has 12 atom stereocenters. The van der Waals surface area contributed by atoms with Crippen LogP contribution in [0.25, 0.3) is 0 Å². The minimum absolute atomic E-state index is 0.250. The molecule has 2 saturated heterocycles. The highest BCUT2D eigenvalue weighted by atomic mass is 16.7. The van der Waals surface area contributed by atoms with E-state index in [1.165, 1.54) is 64.2 Å². The Labute approximate surface area is 396 Å². The van der Waals surface area contributed by atoms with Crippen molar-refractivity contribution < 1.29 is 64.6 Å². The molecule has 14 nitrogen and oxygen atoms in total. The van der Waals surface area contributed by atoms with Gasteiger partial charge in [-0.15, -0.1) is 0 Å². The Morgan fingerprint density at radius 3 is 1.61 bits per heavy atom. The van der Waals surface area contributed by atoms with Crippen LogP contribution in [0, 0.1) is 0 Å². The lowest BCUT2D eigenvalue weighted by Gasteiger charge is -2.46. The second-order valence-electron chi connectivity index (χ2n) is 17.9. The van der Waals surface area contributed by atoms with Crippen molar-refractivity contribution in [1.29, 1.82) is 0 Å². The SMILES string of the molecule is CC/C=C\C/C=C\C/C=C\C/C=C\CCCCCCCCCCCCC(=O)NC(COC1OC(CO)C(OC2OC(CO)C(O)C(O)C2O)C(O)C1O)C(O)/C=C/CCCCCCCCC. The lowest BCUT2D eigenvalue weighted by molar-refractivity contribution is -0.359. The Hall–Kier alpha value is -2.31. The summed E-state index contributed by atoms with van der Waals surface area (Å²) in [6, 6.07) is -0.916. The first-order valence-corrected chi connectivity index (χ1v) is 25.5. The molecule has 2 aliphatic rings. The average molecular weight is 938 g/mol. The van der Waals surface area contributed by atoms with Crippen molar-refractivity contribution in [1.82, 2.24) is 5.32 Å². The van der Waals surface area contributed by atoms with E-state index in [2.05, 4.69) is 67.8 Å². The van der Waals surface area contributed by atoms with Crippen LogP contribution in [0.5, 0.6) is 0 Å². The topological polar surface area (TPSA) is 228 Å². The number of hydrogen-bond donors (Lipinski definition) is 9. The number of carbonyl (C=O) groups excluding carboxylic acids is 1. The lowest BCUT2D eigenvalue weighted by atomic mass is 9.97. The number of aliphatic hydroxyl groups is 8. The maximum absolute atomic E-state index is 13.1. The van der Waals surface area contributed by atoms with Crippen molar-refractivity contribution >= 4 is 5.91 Å². The van der Waals surface area contributed by atoms with E-state index in [1.54, 1.807) is 6.08 Å². The molecule has 12 unspecified atom stereocenters. The van der Waals surface area contributed by atoms with E-state index in [-0.39, 0.29) is 18.9 Å². The lowest BCUT2D eigenvalue weighted by Crippen LogP contribution is -2.65. The molecule has 0 aromatic heterocycles. The third-order valence-electron chi connectivity index (χ3n) is 12.2. The smallest absolute Gasteiger partial charge is 0.220 e. The minimum Gasteiger partial charge on any atom is -0.394 e. The molecule has 9 N–H and O–H groups in total. The van der Waals surface area contributed by atoms with Crippen LogP contribution in [0.2, 0.25) is 0 Å². The molecule has 14 heteroatoms. The predicted octanol–water partition coefficient (Wildman–Crippen LogP) is 6.66. The quantitative estimate of drug-likeness (QED) is 0.0234. The van der Waals surface area contributed by atoms with E-state index in [0.717, 1.165) is 77.0 Å². The maximum Gasteiger partial charge on any atom is 0.220 e. The fourth-order valence-electron chi connectivity index (χ4n) is 8.04. The van der Waals surface area contributed by atoms with Crippen LogP contribution in [-0.4, -0.2) is 140 Å². The molecule has 0 aromatic carbocycles. The zero-order chi connectivity index (χ0) is 48.2. The summed E-state index contributed by atoms with van der Waals surface area (Å²) in [6.07, 6.45) is 29.9. The highest BCUT2D eigenvalue weighted by molar-refractivity contribution is 5.76. The van der Waals surface area contributed by atoms with Crippen molar-refractivity contribution in [2.45, 2.75) is 242 Å². The average Bonchev–Trinajstić information content (AvgIpc) is 3.31. The van der Waals surface area contributed by atoms with Gasteiger partial charge in [-0.05, 0) is 57.8 Å². The van der Waals surface area contributed by atoms with Gasteiger partial charge in [-0.2, -0.15) is 0 Å². The highest BCUT2D eigenvalue weighted by Crippen LogP contribution is 2.30. The molecule has 1 amide bonds. The molecular weight excluding hydrogens is 847 g/mol. The van der Waals surface area contributed by atoms with Gasteiger partial charge in [-0.1, -0.05) is 164 Å². The molecule has 2 rings (SSSR count). The van der Waals surface area contributed by atoms with Crippen LogP contribution in [0.15, 0.2) is 60.8 Å². The molecule has 0 spiro atoms. The number of hydrogen-bond acceptors (Lipinski definition) is 13. The zero-order valence-corrected chi connectivity index (χ0v) is 40.4. The number of rotatable bonds is 38. The minimum atomic E-state index is -1.79. The van der Waals surface area contributed by atoms with E-state index in [1.807, 2.05) is 6.08 Å². The third kappa shape index (κ3) is 25.3. The Balaban J connectivity index is 1.76. The van der Waals surface area contributed by atoms with Gasteiger partial charge in [0.15, 0.2) is 12.6 Å². The third-order valence-corrected chi connectivity index (χ3v) is 12.2. The van der Waals surface area contributed by atoms with Crippen LogP contribution in [-0.2, 0) is 23.7 Å². The molecule has 0 aromatic rings. The number of nitrogens with one attached hydrogen (secondary N) is 1. The van der Waals surface area contributed by atoms with Crippen LogP contribution in [0.4, 0.5) is 0 Å². The largest absolute Gasteiger partial charge is 0.394 e. The van der Waals surface area contributed by atoms with Gasteiger partial charge in [0.1, 0.15) is 48.8 Å². The van der Waals surface area contributed by atoms with Crippen LogP contribution in [0.1, 0.15) is 168 Å². The normalized spacial score (nSPS) is 27.3. The zero-order valence-electron chi connectivity index (χ0n) is 40.4. The van der Waals surface area contributed by atoms with E-state index >= 15 is 0 Å². The monoisotopic (exact) mass is 938 g/mol. The second-order valence-corrected chi connectivity index (χ2v) is 17.9. The number of aliphatic hydroxyl groups excluding tert-OH is 8. The van der Waals surface area contributed by atoms with Gasteiger partial charge in [-0.3, -0.25) is 4.79 Å². The molecule has 382 valence electrons. The Morgan fingerprint density at radius 2 is 1.05 bits per heavy atom. The first-order chi connectivity index (χ1) is 32.1. The Morgan fingerprint density at radius 1 is 0.561 bits per heavy atom. The van der Waals surface area contributed by atoms with Gasteiger partial charge in [0, 0.05) is 6.42 Å². The standard InChI is InChI=1S/C52H91NO13/c1-3-5-7-9-11-13-14-15-16-17-18-19-20-21-22-23-24-25-26-28-30-32-34-36-44(57)53-40(41(56)35-33-31-29-27-12-10-8-6-4-2)39-63-51-49(62)47(60)50(43(38-55)65-51)66-52-48(61)46(59)45(58)42(37-54)64-52/h5,7,11,13,15-16,18-19,33,35,40-43,45-52,54-56,58-62H,3-4,6,8-10,12,14,17,20-32,34,36-39H2,1-2H3,(H,53,57)/b7-5-,13-11-,16-15-,19-18-,35-33+. The predicted molar refractivity (Wildman–Crippen MR) is 258 cm³/mol. The van der Waals surface area contributed by atoms with Crippen LogP contribution >= 0.6 is 0 Å². The van der Waals surface area contributed by atoms with Gasteiger partial charge in [0.2, 0.25) is 5.91 Å². The summed E-state index contributed by atoms with van der Waals surface area (Å²) in [7, 11) is 0. The molecule has 0 aliphatic carbocycles. The van der Waals surface area contributed by atoms with Gasteiger partial charge in [-0.25, -0.2) is 0 Å². The van der Waals surface area contributed by atoms with Gasteiger partial charge in [0.25, 0.3) is 0 Å². The molecule has 66 heavy (non-hydrogen) atoms. The van der Waals surface area contributed by atoms with Crippen molar-refractivity contribution in [3.63, 3.8) is 0 Å². The summed E-state index contributed by atoms with van der Waals surface area (Å²) in [6.45, 7) is 2.62. The fourth-order valence-corrected chi connectivity index (χ4v) is 8.04. The van der Waals surface area contributed by atoms with Crippen molar-refractivity contribution in [2.24, 2.45) is 0 Å². The van der Waals surface area contributed by atoms with Gasteiger partial charge in [0.05, 0.1) is 32.0 Å². The number of carbonyl (C=O) groups is 1. The number of ether oxygens (including phenoxy) is 4. The summed E-state index contributed by atoms with van der Waals surface area (Å²) in [4.78, 5) is 13.1. The van der Waals surface area contributed by atoms with E-state index in [9.17, 15) is 45.6 Å². The molecule has 2 heterocycles. The van der Waals surface area contributed by atoms with Gasteiger partial charge >= 0.3 is 0 Å². The molecular formula is C52H91NO13. The molecule has 0 radical (unpaired) electrons.